The van der Waals surface area contributed by atoms with E-state index in [0.717, 1.165) is 38.5 Å². The van der Waals surface area contributed by atoms with Gasteiger partial charge in [0.15, 0.2) is 6.29 Å². The Morgan fingerprint density at radius 3 is 1.18 bits per heavy atom. The molecule has 0 saturated carbocycles. The van der Waals surface area contributed by atoms with Crippen molar-refractivity contribution in [2.24, 2.45) is 0 Å². The third-order valence-electron chi connectivity index (χ3n) is 13.0. The van der Waals surface area contributed by atoms with Crippen LogP contribution in [0.25, 0.3) is 0 Å². The molecule has 1 aliphatic rings. The third-order valence-corrected chi connectivity index (χ3v) is 13.0. The van der Waals surface area contributed by atoms with Gasteiger partial charge in [0.05, 0.1) is 25.4 Å². The predicted octanol–water partition coefficient (Wildman–Crippen LogP) is 11.9. The smallest absolute Gasteiger partial charge is 0.220 e. The van der Waals surface area contributed by atoms with Crippen LogP contribution in [-0.4, -0.2) is 87.5 Å². The van der Waals surface area contributed by atoms with E-state index in [0.29, 0.717) is 12.8 Å². The van der Waals surface area contributed by atoms with E-state index in [9.17, 15) is 30.3 Å². The Bertz CT molecular complexity index is 908. The SMILES string of the molecule is CCCCCCCCCCCCCCCCCCCCCCC(=O)N[C@@H](CO[C@H]1O[C@@H](CO)[C@H](O)C(O)C1O)[C@H](O)CCCCCCCCCCCCCCCCCCC. The van der Waals surface area contributed by atoms with E-state index in [1.807, 2.05) is 0 Å². The summed E-state index contributed by atoms with van der Waals surface area (Å²) in [6, 6.07) is -0.712. The third kappa shape index (κ3) is 31.9. The summed E-state index contributed by atoms with van der Waals surface area (Å²) in [6.45, 7) is 3.87. The van der Waals surface area contributed by atoms with Crippen LogP contribution < -0.4 is 5.32 Å². The second-order valence-electron chi connectivity index (χ2n) is 18.7. The molecule has 1 rings (SSSR count). The molecule has 0 aliphatic carbocycles. The molecule has 1 amide bonds. The molecule has 0 aromatic carbocycles. The van der Waals surface area contributed by atoms with Crippen molar-refractivity contribution in [2.75, 3.05) is 13.2 Å². The van der Waals surface area contributed by atoms with Gasteiger partial charge in [-0.1, -0.05) is 245 Å². The molecule has 0 aromatic heterocycles. The molecular weight excluding hydrogens is 755 g/mol. The Hall–Kier alpha value is -0.810. The standard InChI is InChI=1S/C51H101NO8/c1-3-5-7-9-11-13-15-17-19-21-22-23-25-27-29-31-33-35-37-39-41-47(55)52-44(43-59-51-50(58)49(57)48(56)46(42-53)60-51)45(54)40-38-36-34-32-30-28-26-24-20-18-16-14-12-10-8-6-4-2/h44-46,48-51,53-54,56-58H,3-43H2,1-2H3,(H,52,55)/t44-,45+,46-,48-,49?,50?,51-/m0/s1. The van der Waals surface area contributed by atoms with Gasteiger partial charge in [0.1, 0.15) is 24.4 Å². The van der Waals surface area contributed by atoms with Crippen LogP contribution in [0.5, 0.6) is 0 Å². The van der Waals surface area contributed by atoms with E-state index in [1.54, 1.807) is 0 Å². The largest absolute Gasteiger partial charge is 0.394 e. The maximum Gasteiger partial charge on any atom is 0.220 e. The van der Waals surface area contributed by atoms with Gasteiger partial charge < -0.3 is 40.3 Å². The fourth-order valence-corrected chi connectivity index (χ4v) is 8.75. The number of ether oxygens (including phenoxy) is 2. The molecule has 1 heterocycles. The lowest BCUT2D eigenvalue weighted by Crippen LogP contribution is -2.60. The number of aliphatic hydroxyl groups excluding tert-OH is 5. The highest BCUT2D eigenvalue weighted by Gasteiger charge is 2.44. The maximum atomic E-state index is 13.0. The Labute approximate surface area is 370 Å². The van der Waals surface area contributed by atoms with E-state index in [2.05, 4.69) is 19.2 Å². The monoisotopic (exact) mass is 856 g/mol. The molecule has 1 aliphatic heterocycles. The van der Waals surface area contributed by atoms with Crippen molar-refractivity contribution < 1.29 is 39.8 Å². The molecule has 1 saturated heterocycles. The zero-order valence-corrected chi connectivity index (χ0v) is 39.5. The highest BCUT2D eigenvalue weighted by atomic mass is 16.7. The molecule has 358 valence electrons. The molecule has 9 heteroatoms. The van der Waals surface area contributed by atoms with E-state index >= 15 is 0 Å². The lowest BCUT2D eigenvalue weighted by molar-refractivity contribution is -0.302. The van der Waals surface area contributed by atoms with Gasteiger partial charge in [-0.15, -0.1) is 0 Å². The summed E-state index contributed by atoms with van der Waals surface area (Å²) in [5, 5.41) is 54.5. The predicted molar refractivity (Wildman–Crippen MR) is 249 cm³/mol. The van der Waals surface area contributed by atoms with Gasteiger partial charge in [-0.2, -0.15) is 0 Å². The molecule has 0 bridgehead atoms. The van der Waals surface area contributed by atoms with Crippen LogP contribution >= 0.6 is 0 Å². The van der Waals surface area contributed by atoms with Crippen LogP contribution in [-0.2, 0) is 14.3 Å². The molecule has 2 unspecified atom stereocenters. The van der Waals surface area contributed by atoms with Crippen LogP contribution in [0.15, 0.2) is 0 Å². The molecule has 7 atom stereocenters. The fourth-order valence-electron chi connectivity index (χ4n) is 8.75. The first-order valence-corrected chi connectivity index (χ1v) is 26.2. The van der Waals surface area contributed by atoms with Crippen LogP contribution in [0.2, 0.25) is 0 Å². The summed E-state index contributed by atoms with van der Waals surface area (Å²) >= 11 is 0. The average molecular weight is 856 g/mol. The molecular formula is C51H101NO8. The van der Waals surface area contributed by atoms with E-state index < -0.39 is 49.5 Å². The van der Waals surface area contributed by atoms with Crippen LogP contribution in [0.3, 0.4) is 0 Å². The lowest BCUT2D eigenvalue weighted by Gasteiger charge is -2.40. The van der Waals surface area contributed by atoms with Gasteiger partial charge in [0, 0.05) is 6.42 Å². The van der Waals surface area contributed by atoms with Gasteiger partial charge >= 0.3 is 0 Å². The number of amides is 1. The zero-order valence-electron chi connectivity index (χ0n) is 39.5. The summed E-state index contributed by atoms with van der Waals surface area (Å²) in [5.41, 5.74) is 0. The van der Waals surface area contributed by atoms with Gasteiger partial charge in [-0.05, 0) is 12.8 Å². The second kappa shape index (κ2) is 42.2. The van der Waals surface area contributed by atoms with Gasteiger partial charge in [0.25, 0.3) is 0 Å². The normalized spacial score (nSPS) is 20.4. The summed E-state index contributed by atoms with van der Waals surface area (Å²) in [7, 11) is 0. The summed E-state index contributed by atoms with van der Waals surface area (Å²) in [6.07, 6.45) is 41.1. The number of nitrogens with one attached hydrogen (secondary N) is 1. The van der Waals surface area contributed by atoms with Crippen LogP contribution in [0, 0.1) is 0 Å². The van der Waals surface area contributed by atoms with Crippen molar-refractivity contribution in [1.29, 1.82) is 0 Å². The summed E-state index contributed by atoms with van der Waals surface area (Å²) in [5.74, 6) is -0.138. The van der Waals surface area contributed by atoms with Crippen LogP contribution in [0.4, 0.5) is 0 Å². The van der Waals surface area contributed by atoms with Crippen molar-refractivity contribution in [3.05, 3.63) is 0 Å². The molecule has 0 spiro atoms. The molecule has 0 aromatic rings. The van der Waals surface area contributed by atoms with Crippen molar-refractivity contribution >= 4 is 5.91 Å². The van der Waals surface area contributed by atoms with E-state index in [1.165, 1.54) is 199 Å². The maximum absolute atomic E-state index is 13.0. The number of aliphatic hydroxyl groups is 5. The lowest BCUT2D eigenvalue weighted by atomic mass is 9.99. The number of hydrogen-bond acceptors (Lipinski definition) is 8. The molecule has 0 radical (unpaired) electrons. The molecule has 60 heavy (non-hydrogen) atoms. The van der Waals surface area contributed by atoms with Gasteiger partial charge in [-0.3, -0.25) is 4.79 Å². The Kier molecular flexibility index (Phi) is 40.2. The van der Waals surface area contributed by atoms with Crippen molar-refractivity contribution in [1.82, 2.24) is 5.32 Å². The quantitative estimate of drug-likeness (QED) is 0.0332. The number of unbranched alkanes of at least 4 members (excludes halogenated alkanes) is 35. The number of carbonyl (C=O) groups is 1. The van der Waals surface area contributed by atoms with Crippen molar-refractivity contribution in [2.45, 2.75) is 307 Å². The number of carbonyl (C=O) groups excluding carboxylic acids is 1. The minimum Gasteiger partial charge on any atom is -0.394 e. The first kappa shape index (κ1) is 57.2. The Morgan fingerprint density at radius 2 is 0.833 bits per heavy atom. The fraction of sp³-hybridized carbons (Fsp3) is 0.980. The summed E-state index contributed by atoms with van der Waals surface area (Å²) < 4.78 is 11.3. The first-order chi connectivity index (χ1) is 29.3. The van der Waals surface area contributed by atoms with Crippen LogP contribution in [0.1, 0.15) is 264 Å². The molecule has 9 nitrogen and oxygen atoms in total. The Balaban J connectivity index is 2.24. The topological polar surface area (TPSA) is 149 Å². The minimum absolute atomic E-state index is 0.131. The minimum atomic E-state index is -1.55. The average Bonchev–Trinajstić information content (AvgIpc) is 3.25. The van der Waals surface area contributed by atoms with E-state index in [4.69, 9.17) is 9.47 Å². The number of hydrogen-bond donors (Lipinski definition) is 6. The van der Waals surface area contributed by atoms with Gasteiger partial charge in [-0.25, -0.2) is 0 Å². The van der Waals surface area contributed by atoms with Crippen molar-refractivity contribution in [3.8, 4) is 0 Å². The summed E-state index contributed by atoms with van der Waals surface area (Å²) in [4.78, 5) is 13.0. The second-order valence-corrected chi connectivity index (χ2v) is 18.7. The first-order valence-electron chi connectivity index (χ1n) is 26.2. The molecule has 1 fully saturated rings. The Morgan fingerprint density at radius 1 is 0.500 bits per heavy atom. The zero-order chi connectivity index (χ0) is 43.7. The highest BCUT2D eigenvalue weighted by Crippen LogP contribution is 2.23. The number of rotatable bonds is 45. The highest BCUT2D eigenvalue weighted by molar-refractivity contribution is 5.76. The van der Waals surface area contributed by atoms with Crippen molar-refractivity contribution in [3.63, 3.8) is 0 Å². The molecule has 6 N–H and O–H groups in total. The van der Waals surface area contributed by atoms with Gasteiger partial charge in [0.2, 0.25) is 5.91 Å². The van der Waals surface area contributed by atoms with E-state index in [-0.39, 0.29) is 12.5 Å².